The van der Waals surface area contributed by atoms with Crippen molar-refractivity contribution in [2.45, 2.75) is 60.2 Å². The van der Waals surface area contributed by atoms with E-state index in [1.165, 1.54) is 6.07 Å². The highest BCUT2D eigenvalue weighted by Crippen LogP contribution is 2.39. The van der Waals surface area contributed by atoms with E-state index in [1.54, 1.807) is 4.90 Å². The van der Waals surface area contributed by atoms with Crippen molar-refractivity contribution in [2.24, 2.45) is 10.9 Å². The van der Waals surface area contributed by atoms with Crippen LogP contribution < -0.4 is 20.5 Å². The van der Waals surface area contributed by atoms with Crippen LogP contribution in [-0.2, 0) is 20.0 Å². The quantitative estimate of drug-likeness (QED) is 0.419. The number of primary sulfonamides is 1. The van der Waals surface area contributed by atoms with E-state index in [4.69, 9.17) is 10.9 Å². The molecule has 1 saturated carbocycles. The molecule has 1 aromatic heterocycles. The van der Waals surface area contributed by atoms with Gasteiger partial charge in [0.05, 0.1) is 12.1 Å². The fourth-order valence-corrected chi connectivity index (χ4v) is 7.16. The highest BCUT2D eigenvalue weighted by Gasteiger charge is 2.36. The van der Waals surface area contributed by atoms with Crippen LogP contribution in [0.3, 0.4) is 0 Å². The van der Waals surface area contributed by atoms with Crippen molar-refractivity contribution in [3.8, 4) is 11.4 Å². The van der Waals surface area contributed by atoms with Crippen molar-refractivity contribution in [1.29, 1.82) is 0 Å². The Labute approximate surface area is 185 Å². The molecule has 0 unspecified atom stereocenters. The summed E-state index contributed by atoms with van der Waals surface area (Å²) in [6.07, 6.45) is 2.04. The first-order valence-corrected chi connectivity index (χ1v) is 13.2. The van der Waals surface area contributed by atoms with E-state index in [9.17, 15) is 21.2 Å². The fourth-order valence-electron chi connectivity index (χ4n) is 4.26. The average molecular weight is 489 g/mol. The maximum atomic E-state index is 14.4. The van der Waals surface area contributed by atoms with Gasteiger partial charge in [-0.2, -0.15) is 5.21 Å². The monoisotopic (exact) mass is 488 g/mol. The van der Waals surface area contributed by atoms with Crippen LogP contribution in [-0.4, -0.2) is 68.8 Å². The van der Waals surface area contributed by atoms with Crippen LogP contribution in [0.1, 0.15) is 32.1 Å². The minimum absolute atomic E-state index is 0.109. The van der Waals surface area contributed by atoms with Gasteiger partial charge in [-0.1, -0.05) is 12.8 Å². The van der Waals surface area contributed by atoms with Gasteiger partial charge in [0.15, 0.2) is 0 Å². The summed E-state index contributed by atoms with van der Waals surface area (Å²) in [7, 11) is -8.82. The largest absolute Gasteiger partial charge is 0.368 e. The van der Waals surface area contributed by atoms with E-state index in [0.29, 0.717) is 25.8 Å². The summed E-state index contributed by atoms with van der Waals surface area (Å²) >= 11 is 0. The number of aromatic nitrogens is 4. The number of benzene rings is 1. The molecule has 15 heteroatoms. The third-order valence-electron chi connectivity index (χ3n) is 5.85. The van der Waals surface area contributed by atoms with Gasteiger partial charge in [-0.25, -0.2) is 31.1 Å². The van der Waals surface area contributed by atoms with E-state index in [1.807, 2.05) is 0 Å². The molecule has 0 radical (unpaired) electrons. The number of halogens is 1. The smallest absolute Gasteiger partial charge is 0.242 e. The Balaban J connectivity index is 1.91. The summed E-state index contributed by atoms with van der Waals surface area (Å²) in [6, 6.07) is 1.63. The summed E-state index contributed by atoms with van der Waals surface area (Å²) < 4.78 is 68.7. The molecule has 2 heterocycles. The molecule has 176 valence electrons. The SMILES string of the molecule is N[C@H]1CCN(c2ccc(S(=O)(=O)NC3CCCC3)c(S(N)(=O)=O)c2-c2nn[nH]n2)C[C@H]1F. The Morgan fingerprint density at radius 1 is 1.16 bits per heavy atom. The molecule has 0 bridgehead atoms. The molecule has 12 nitrogen and oxygen atoms in total. The number of aromatic amines is 1. The number of sulfonamides is 2. The summed E-state index contributed by atoms with van der Waals surface area (Å²) in [5, 5.41) is 18.9. The zero-order chi connectivity index (χ0) is 23.1. The predicted octanol–water partition coefficient (Wildman–Crippen LogP) is -0.389. The number of anilines is 1. The maximum Gasteiger partial charge on any atom is 0.242 e. The Bertz CT molecular complexity index is 1180. The molecule has 1 aromatic carbocycles. The molecule has 6 N–H and O–H groups in total. The minimum Gasteiger partial charge on any atom is -0.368 e. The van der Waals surface area contributed by atoms with Crippen LogP contribution in [0.5, 0.6) is 0 Å². The van der Waals surface area contributed by atoms with Crippen molar-refractivity contribution >= 4 is 25.7 Å². The molecule has 32 heavy (non-hydrogen) atoms. The van der Waals surface area contributed by atoms with Crippen molar-refractivity contribution in [2.75, 3.05) is 18.0 Å². The number of hydrogen-bond donors (Lipinski definition) is 4. The molecule has 0 spiro atoms. The first-order valence-electron chi connectivity index (χ1n) is 10.2. The number of H-pyrrole nitrogens is 1. The van der Waals surface area contributed by atoms with E-state index in [-0.39, 0.29) is 29.7 Å². The van der Waals surface area contributed by atoms with Gasteiger partial charge in [-0.15, -0.1) is 10.2 Å². The number of piperidine rings is 1. The van der Waals surface area contributed by atoms with Crippen LogP contribution in [0.15, 0.2) is 21.9 Å². The lowest BCUT2D eigenvalue weighted by Gasteiger charge is -2.35. The number of nitrogens with one attached hydrogen (secondary N) is 2. The summed E-state index contributed by atoms with van der Waals surface area (Å²) in [5.74, 6) is -0.174. The Morgan fingerprint density at radius 2 is 1.88 bits per heavy atom. The van der Waals surface area contributed by atoms with Gasteiger partial charge in [0, 0.05) is 24.3 Å². The molecular formula is C17H25FN8O4S2. The molecule has 1 aliphatic heterocycles. The number of nitrogens with zero attached hydrogens (tertiary/aromatic N) is 4. The summed E-state index contributed by atoms with van der Waals surface area (Å²) in [5.41, 5.74) is 5.84. The number of hydrogen-bond acceptors (Lipinski definition) is 9. The van der Waals surface area contributed by atoms with Crippen LogP contribution in [0.4, 0.5) is 10.1 Å². The molecule has 0 amide bonds. The first-order chi connectivity index (χ1) is 15.1. The lowest BCUT2D eigenvalue weighted by molar-refractivity contribution is 0.251. The lowest BCUT2D eigenvalue weighted by Crippen LogP contribution is -2.48. The highest BCUT2D eigenvalue weighted by atomic mass is 32.2. The third kappa shape index (κ3) is 4.47. The molecule has 1 aliphatic carbocycles. The number of tetrazole rings is 1. The maximum absolute atomic E-state index is 14.4. The van der Waals surface area contributed by atoms with Gasteiger partial charge >= 0.3 is 0 Å². The highest BCUT2D eigenvalue weighted by molar-refractivity contribution is 7.92. The third-order valence-corrected chi connectivity index (χ3v) is 8.54. The van der Waals surface area contributed by atoms with Crippen molar-refractivity contribution in [3.63, 3.8) is 0 Å². The minimum atomic E-state index is -4.58. The normalized spacial score (nSPS) is 23.0. The predicted molar refractivity (Wildman–Crippen MR) is 113 cm³/mol. The summed E-state index contributed by atoms with van der Waals surface area (Å²) in [6.45, 7) is 0.214. The van der Waals surface area contributed by atoms with Gasteiger partial charge < -0.3 is 10.6 Å². The van der Waals surface area contributed by atoms with Crippen LogP contribution >= 0.6 is 0 Å². The van der Waals surface area contributed by atoms with Crippen LogP contribution in [0.2, 0.25) is 0 Å². The topological polar surface area (TPSA) is 190 Å². The average Bonchev–Trinajstić information content (AvgIpc) is 3.42. The summed E-state index contributed by atoms with van der Waals surface area (Å²) in [4.78, 5) is 0.406. The second-order valence-electron chi connectivity index (χ2n) is 8.08. The first kappa shape index (κ1) is 23.0. The number of alkyl halides is 1. The Morgan fingerprint density at radius 3 is 2.47 bits per heavy atom. The molecule has 2 fully saturated rings. The molecule has 2 aromatic rings. The van der Waals surface area contributed by atoms with E-state index in [0.717, 1.165) is 18.9 Å². The molecule has 2 aliphatic rings. The van der Waals surface area contributed by atoms with Gasteiger partial charge in [0.2, 0.25) is 25.9 Å². The van der Waals surface area contributed by atoms with Crippen LogP contribution in [0.25, 0.3) is 11.4 Å². The van der Waals surface area contributed by atoms with Crippen molar-refractivity contribution in [1.82, 2.24) is 25.3 Å². The van der Waals surface area contributed by atoms with E-state index >= 15 is 0 Å². The van der Waals surface area contributed by atoms with Gasteiger partial charge in [-0.3, -0.25) is 0 Å². The zero-order valence-electron chi connectivity index (χ0n) is 17.1. The van der Waals surface area contributed by atoms with Crippen molar-refractivity contribution in [3.05, 3.63) is 12.1 Å². The second kappa shape index (κ2) is 8.62. The molecule has 4 rings (SSSR count). The standard InChI is InChI=1S/C17H25FN8O4S2/c18-11-9-26(8-7-12(11)19)13-5-6-14(32(29,30)23-10-3-1-2-4-10)16(31(20,27)28)15(13)17-21-24-25-22-17/h5-6,10-12,23H,1-4,7-9,19H2,(H2,20,27,28)(H,21,22,24,25)/t11-,12+/m1/s1. The van der Waals surface area contributed by atoms with Crippen LogP contribution in [0, 0.1) is 0 Å². The van der Waals surface area contributed by atoms with Gasteiger partial charge in [-0.05, 0) is 36.6 Å². The zero-order valence-corrected chi connectivity index (χ0v) is 18.7. The number of rotatable bonds is 6. The lowest BCUT2D eigenvalue weighted by atomic mass is 10.0. The number of nitrogens with two attached hydrogens (primary N) is 2. The van der Waals surface area contributed by atoms with E-state index < -0.39 is 42.1 Å². The van der Waals surface area contributed by atoms with E-state index in [2.05, 4.69) is 25.3 Å². The van der Waals surface area contributed by atoms with Crippen molar-refractivity contribution < 1.29 is 21.2 Å². The molecule has 1 saturated heterocycles. The Hall–Kier alpha value is -2.20. The Kier molecular flexibility index (Phi) is 6.19. The van der Waals surface area contributed by atoms with Gasteiger partial charge in [0.25, 0.3) is 0 Å². The second-order valence-corrected chi connectivity index (χ2v) is 11.3. The fraction of sp³-hybridized carbons (Fsp3) is 0.588. The molecule has 2 atom stereocenters. The van der Waals surface area contributed by atoms with Gasteiger partial charge in [0.1, 0.15) is 16.0 Å². The molecular weight excluding hydrogens is 463 g/mol.